The van der Waals surface area contributed by atoms with Gasteiger partial charge in [-0.2, -0.15) is 5.10 Å². The first kappa shape index (κ1) is 17.7. The van der Waals surface area contributed by atoms with Crippen molar-refractivity contribution in [3.63, 3.8) is 0 Å². The molecule has 0 aliphatic rings. The van der Waals surface area contributed by atoms with Gasteiger partial charge in [-0.15, -0.1) is 0 Å². The number of fused-ring (bicyclic) bond motifs is 1. The highest BCUT2D eigenvalue weighted by molar-refractivity contribution is 5.93. The number of nitrogens with one attached hydrogen (secondary N) is 2. The van der Waals surface area contributed by atoms with Crippen LogP contribution in [0.2, 0.25) is 0 Å². The van der Waals surface area contributed by atoms with Crippen molar-refractivity contribution >= 4 is 16.7 Å². The van der Waals surface area contributed by atoms with Crippen molar-refractivity contribution in [3.05, 3.63) is 83.2 Å². The van der Waals surface area contributed by atoms with Gasteiger partial charge >= 0.3 is 0 Å². The van der Waals surface area contributed by atoms with Crippen LogP contribution in [0, 0.1) is 0 Å². The number of aromatic nitrogens is 4. The number of amides is 1. The molecule has 140 valence electrons. The molecular weight excluding hydrogens is 354 g/mol. The van der Waals surface area contributed by atoms with Gasteiger partial charge in [-0.3, -0.25) is 9.59 Å². The zero-order valence-corrected chi connectivity index (χ0v) is 15.1. The lowest BCUT2D eigenvalue weighted by Gasteiger charge is -2.11. The number of hydrogen-bond donors (Lipinski definition) is 2. The Bertz CT molecular complexity index is 1150. The second-order valence-electron chi connectivity index (χ2n) is 6.40. The summed E-state index contributed by atoms with van der Waals surface area (Å²) in [4.78, 5) is 32.1. The first-order chi connectivity index (χ1) is 13.7. The van der Waals surface area contributed by atoms with E-state index in [0.29, 0.717) is 24.0 Å². The van der Waals surface area contributed by atoms with Crippen molar-refractivity contribution in [3.8, 4) is 11.3 Å². The minimum Gasteiger partial charge on any atom is -0.354 e. The van der Waals surface area contributed by atoms with E-state index in [-0.39, 0.29) is 18.0 Å². The SMILES string of the molecule is O=C(Cn1nc(-c2ccccc2)c2ccccc2c1=O)NCCc1cnc[nH]1. The van der Waals surface area contributed by atoms with Crippen LogP contribution < -0.4 is 10.9 Å². The third-order valence-electron chi connectivity index (χ3n) is 4.48. The summed E-state index contributed by atoms with van der Waals surface area (Å²) in [5.74, 6) is -0.261. The summed E-state index contributed by atoms with van der Waals surface area (Å²) in [6, 6.07) is 17.0. The monoisotopic (exact) mass is 373 g/mol. The number of aromatic amines is 1. The fourth-order valence-electron chi connectivity index (χ4n) is 3.10. The first-order valence-corrected chi connectivity index (χ1v) is 9.01. The zero-order chi connectivity index (χ0) is 19.3. The van der Waals surface area contributed by atoms with Crippen LogP contribution in [0.1, 0.15) is 5.69 Å². The molecule has 1 amide bonds. The number of H-pyrrole nitrogens is 1. The highest BCUT2D eigenvalue weighted by Gasteiger charge is 2.14. The molecule has 0 saturated carbocycles. The van der Waals surface area contributed by atoms with Crippen LogP contribution >= 0.6 is 0 Å². The van der Waals surface area contributed by atoms with Crippen molar-refractivity contribution in [1.29, 1.82) is 0 Å². The third kappa shape index (κ3) is 3.68. The van der Waals surface area contributed by atoms with E-state index in [1.165, 1.54) is 4.68 Å². The molecule has 0 aliphatic heterocycles. The van der Waals surface area contributed by atoms with Gasteiger partial charge < -0.3 is 10.3 Å². The number of carbonyl (C=O) groups excluding carboxylic acids is 1. The minimum atomic E-state index is -0.279. The average molecular weight is 373 g/mol. The number of hydrogen-bond acceptors (Lipinski definition) is 4. The second-order valence-corrected chi connectivity index (χ2v) is 6.40. The Balaban J connectivity index is 1.61. The summed E-state index contributed by atoms with van der Waals surface area (Å²) in [7, 11) is 0. The van der Waals surface area contributed by atoms with Crippen molar-refractivity contribution in [2.45, 2.75) is 13.0 Å². The van der Waals surface area contributed by atoms with Gasteiger partial charge in [0.2, 0.25) is 5.91 Å². The Hall–Kier alpha value is -3.74. The van der Waals surface area contributed by atoms with Gasteiger partial charge in [-0.25, -0.2) is 9.67 Å². The third-order valence-corrected chi connectivity index (χ3v) is 4.48. The Kier molecular flexibility index (Phi) is 4.97. The van der Waals surface area contributed by atoms with E-state index in [2.05, 4.69) is 20.4 Å². The lowest BCUT2D eigenvalue weighted by molar-refractivity contribution is -0.121. The van der Waals surface area contributed by atoms with Gasteiger partial charge in [-0.05, 0) is 6.07 Å². The van der Waals surface area contributed by atoms with Gasteiger partial charge in [0.05, 0.1) is 17.4 Å². The number of carbonyl (C=O) groups is 1. The van der Waals surface area contributed by atoms with Gasteiger partial charge in [0.1, 0.15) is 6.54 Å². The lowest BCUT2D eigenvalue weighted by atomic mass is 10.1. The molecule has 0 atom stereocenters. The molecule has 2 N–H and O–H groups in total. The fraction of sp³-hybridized carbons (Fsp3) is 0.143. The van der Waals surface area contributed by atoms with Crippen molar-refractivity contribution in [2.75, 3.05) is 6.54 Å². The van der Waals surface area contributed by atoms with E-state index < -0.39 is 0 Å². The normalized spacial score (nSPS) is 10.9. The van der Waals surface area contributed by atoms with E-state index in [1.54, 1.807) is 18.6 Å². The fourth-order valence-corrected chi connectivity index (χ4v) is 3.10. The molecule has 4 aromatic rings. The molecule has 2 heterocycles. The first-order valence-electron chi connectivity index (χ1n) is 9.01. The Morgan fingerprint density at radius 1 is 1.04 bits per heavy atom. The molecule has 0 unspecified atom stereocenters. The van der Waals surface area contributed by atoms with E-state index >= 15 is 0 Å². The molecule has 0 bridgehead atoms. The molecule has 2 aromatic heterocycles. The van der Waals surface area contributed by atoms with Crippen LogP contribution in [0.25, 0.3) is 22.0 Å². The topological polar surface area (TPSA) is 92.7 Å². The van der Waals surface area contributed by atoms with Gasteiger partial charge in [-0.1, -0.05) is 48.5 Å². The smallest absolute Gasteiger partial charge is 0.275 e. The Morgan fingerprint density at radius 2 is 1.79 bits per heavy atom. The van der Waals surface area contributed by atoms with Crippen LogP contribution in [-0.4, -0.2) is 32.2 Å². The molecule has 0 spiro atoms. The van der Waals surface area contributed by atoms with Crippen LogP contribution in [0.5, 0.6) is 0 Å². The standard InChI is InChI=1S/C21H19N5O2/c27-19(23-11-10-16-12-22-14-24-16)13-26-21(28)18-9-5-4-8-17(18)20(25-26)15-6-2-1-3-7-15/h1-9,12,14H,10-11,13H2,(H,22,24)(H,23,27). The van der Waals surface area contributed by atoms with E-state index in [4.69, 9.17) is 0 Å². The summed E-state index contributed by atoms with van der Waals surface area (Å²) in [5.41, 5.74) is 2.24. The Morgan fingerprint density at radius 3 is 2.54 bits per heavy atom. The molecule has 0 aliphatic carbocycles. The summed E-state index contributed by atoms with van der Waals surface area (Å²) < 4.78 is 1.23. The maximum atomic E-state index is 12.8. The summed E-state index contributed by atoms with van der Waals surface area (Å²) in [6.45, 7) is 0.321. The van der Waals surface area contributed by atoms with Gasteiger partial charge in [0.15, 0.2) is 0 Å². The van der Waals surface area contributed by atoms with Crippen LogP contribution in [0.15, 0.2) is 71.9 Å². The number of benzene rings is 2. The maximum Gasteiger partial charge on any atom is 0.275 e. The molecule has 2 aromatic carbocycles. The molecular formula is C21H19N5O2. The average Bonchev–Trinajstić information content (AvgIpc) is 3.24. The number of rotatable bonds is 6. The molecule has 0 fully saturated rings. The van der Waals surface area contributed by atoms with Crippen LogP contribution in [0.3, 0.4) is 0 Å². The predicted octanol–water partition coefficient (Wildman–Crippen LogP) is 2.15. The molecule has 0 saturated heterocycles. The molecule has 28 heavy (non-hydrogen) atoms. The minimum absolute atomic E-state index is 0.132. The van der Waals surface area contributed by atoms with Crippen molar-refractivity contribution < 1.29 is 4.79 Å². The zero-order valence-electron chi connectivity index (χ0n) is 15.1. The number of nitrogens with zero attached hydrogens (tertiary/aromatic N) is 3. The quantitative estimate of drug-likeness (QED) is 0.542. The van der Waals surface area contributed by atoms with Crippen LogP contribution in [0.4, 0.5) is 0 Å². The lowest BCUT2D eigenvalue weighted by Crippen LogP contribution is -2.35. The molecule has 0 radical (unpaired) electrons. The Labute approximate surface area is 161 Å². The van der Waals surface area contributed by atoms with Crippen molar-refractivity contribution in [2.24, 2.45) is 0 Å². The molecule has 7 nitrogen and oxygen atoms in total. The highest BCUT2D eigenvalue weighted by Crippen LogP contribution is 2.24. The van der Waals surface area contributed by atoms with E-state index in [0.717, 1.165) is 16.6 Å². The summed E-state index contributed by atoms with van der Waals surface area (Å²) >= 11 is 0. The van der Waals surface area contributed by atoms with Gasteiger partial charge in [0.25, 0.3) is 5.56 Å². The second kappa shape index (κ2) is 7.87. The summed E-state index contributed by atoms with van der Waals surface area (Å²) in [6.07, 6.45) is 3.95. The molecule has 7 heteroatoms. The van der Waals surface area contributed by atoms with Crippen LogP contribution in [-0.2, 0) is 17.8 Å². The van der Waals surface area contributed by atoms with E-state index in [1.807, 2.05) is 48.5 Å². The molecule has 4 rings (SSSR count). The highest BCUT2D eigenvalue weighted by atomic mass is 16.2. The summed E-state index contributed by atoms with van der Waals surface area (Å²) in [5, 5.41) is 8.63. The maximum absolute atomic E-state index is 12.8. The van der Waals surface area contributed by atoms with Crippen molar-refractivity contribution in [1.82, 2.24) is 25.1 Å². The predicted molar refractivity (Wildman–Crippen MR) is 107 cm³/mol. The van der Waals surface area contributed by atoms with Gasteiger partial charge in [0, 0.05) is 35.8 Å². The van der Waals surface area contributed by atoms with E-state index in [9.17, 15) is 9.59 Å². The number of imidazole rings is 1. The largest absolute Gasteiger partial charge is 0.354 e.